The fourth-order valence-corrected chi connectivity index (χ4v) is 1.72. The number of pyridine rings is 1. The molecule has 5 heteroatoms. The number of anilines is 1. The van der Waals surface area contributed by atoms with Crippen molar-refractivity contribution in [1.29, 1.82) is 5.26 Å². The van der Waals surface area contributed by atoms with Crippen LogP contribution in [-0.2, 0) is 13.6 Å². The number of rotatable bonds is 3. The molecule has 5 nitrogen and oxygen atoms in total. The van der Waals surface area contributed by atoms with Crippen LogP contribution >= 0.6 is 0 Å². The number of hydrogen-bond donors (Lipinski definition) is 0. The second-order valence-corrected chi connectivity index (χ2v) is 4.22. The van der Waals surface area contributed by atoms with Crippen LogP contribution in [0.15, 0.2) is 24.5 Å². The smallest absolute Gasteiger partial charge is 0.129 e. The largest absolute Gasteiger partial charge is 0.352 e. The van der Waals surface area contributed by atoms with E-state index in [9.17, 15) is 0 Å². The van der Waals surface area contributed by atoms with E-state index >= 15 is 0 Å². The van der Waals surface area contributed by atoms with E-state index in [0.717, 1.165) is 17.3 Å². The summed E-state index contributed by atoms with van der Waals surface area (Å²) in [5.74, 6) is 1.82. The molecule has 0 amide bonds. The predicted molar refractivity (Wildman–Crippen MR) is 69.0 cm³/mol. The minimum absolute atomic E-state index is 0.615. The summed E-state index contributed by atoms with van der Waals surface area (Å²) < 4.78 is 1.98. The van der Waals surface area contributed by atoms with E-state index < -0.39 is 0 Å². The van der Waals surface area contributed by atoms with Gasteiger partial charge in [0.1, 0.15) is 17.7 Å². The third kappa shape index (κ3) is 2.33. The van der Waals surface area contributed by atoms with Crippen LogP contribution in [0.25, 0.3) is 0 Å². The van der Waals surface area contributed by atoms with Gasteiger partial charge in [0.2, 0.25) is 0 Å². The average molecular weight is 241 g/mol. The maximum Gasteiger partial charge on any atom is 0.129 e. The van der Waals surface area contributed by atoms with Crippen LogP contribution in [0.5, 0.6) is 0 Å². The Kier molecular flexibility index (Phi) is 3.28. The summed E-state index contributed by atoms with van der Waals surface area (Å²) in [4.78, 5) is 10.7. The molecule has 0 unspecified atom stereocenters. The van der Waals surface area contributed by atoms with Gasteiger partial charge in [0.15, 0.2) is 0 Å². The fraction of sp³-hybridized carbons (Fsp3) is 0.308. The Hall–Kier alpha value is -2.35. The molecule has 92 valence electrons. The summed E-state index contributed by atoms with van der Waals surface area (Å²) in [7, 11) is 3.93. The highest BCUT2D eigenvalue weighted by atomic mass is 15.2. The Morgan fingerprint density at radius 2 is 2.22 bits per heavy atom. The van der Waals surface area contributed by atoms with Gasteiger partial charge in [-0.2, -0.15) is 5.26 Å². The number of nitriles is 1. The van der Waals surface area contributed by atoms with Crippen LogP contribution in [0.2, 0.25) is 0 Å². The van der Waals surface area contributed by atoms with Crippen molar-refractivity contribution in [3.05, 3.63) is 41.6 Å². The normalized spacial score (nSPS) is 10.1. The van der Waals surface area contributed by atoms with Crippen molar-refractivity contribution in [1.82, 2.24) is 14.5 Å². The second-order valence-electron chi connectivity index (χ2n) is 4.22. The molecule has 0 spiro atoms. The Balaban J connectivity index is 2.19. The van der Waals surface area contributed by atoms with E-state index in [-0.39, 0.29) is 0 Å². The van der Waals surface area contributed by atoms with Gasteiger partial charge in [0, 0.05) is 26.5 Å². The highest BCUT2D eigenvalue weighted by Crippen LogP contribution is 2.14. The van der Waals surface area contributed by atoms with Gasteiger partial charge in [-0.15, -0.1) is 0 Å². The lowest BCUT2D eigenvalue weighted by Gasteiger charge is -2.18. The first-order chi connectivity index (χ1) is 8.61. The fourth-order valence-electron chi connectivity index (χ4n) is 1.72. The molecular formula is C13H15N5. The molecule has 0 bridgehead atoms. The van der Waals surface area contributed by atoms with Gasteiger partial charge in [-0.3, -0.25) is 0 Å². The topological polar surface area (TPSA) is 57.7 Å². The molecule has 0 fully saturated rings. The zero-order valence-corrected chi connectivity index (χ0v) is 10.8. The van der Waals surface area contributed by atoms with Gasteiger partial charge in [0.25, 0.3) is 0 Å². The van der Waals surface area contributed by atoms with Crippen molar-refractivity contribution in [2.75, 3.05) is 11.9 Å². The molecule has 0 N–H and O–H groups in total. The first kappa shape index (κ1) is 12.1. The van der Waals surface area contributed by atoms with Crippen molar-refractivity contribution in [2.45, 2.75) is 13.5 Å². The zero-order chi connectivity index (χ0) is 13.1. The van der Waals surface area contributed by atoms with Crippen LogP contribution in [0.3, 0.4) is 0 Å². The predicted octanol–water partition coefficient (Wildman–Crippen LogP) is 1.63. The van der Waals surface area contributed by atoms with Crippen molar-refractivity contribution in [3.8, 4) is 6.07 Å². The lowest BCUT2D eigenvalue weighted by Crippen LogP contribution is -2.20. The average Bonchev–Trinajstić information content (AvgIpc) is 2.75. The summed E-state index contributed by atoms with van der Waals surface area (Å²) in [6.45, 7) is 2.53. The Morgan fingerprint density at radius 3 is 2.78 bits per heavy atom. The van der Waals surface area contributed by atoms with E-state index in [2.05, 4.69) is 16.0 Å². The van der Waals surface area contributed by atoms with Gasteiger partial charge >= 0.3 is 0 Å². The molecule has 0 radical (unpaired) electrons. The molecule has 0 atom stereocenters. The number of aromatic nitrogens is 3. The zero-order valence-electron chi connectivity index (χ0n) is 10.8. The Morgan fingerprint density at radius 1 is 1.44 bits per heavy atom. The lowest BCUT2D eigenvalue weighted by atomic mass is 10.2. The van der Waals surface area contributed by atoms with E-state index in [0.29, 0.717) is 12.1 Å². The molecule has 0 aliphatic heterocycles. The summed E-state index contributed by atoms with van der Waals surface area (Å²) in [5, 5.41) is 8.87. The van der Waals surface area contributed by atoms with Gasteiger partial charge in [-0.25, -0.2) is 9.97 Å². The van der Waals surface area contributed by atoms with Crippen LogP contribution < -0.4 is 4.90 Å². The molecule has 2 heterocycles. The molecule has 0 saturated heterocycles. The van der Waals surface area contributed by atoms with E-state index in [1.807, 2.05) is 42.7 Å². The third-order valence-corrected chi connectivity index (χ3v) is 2.88. The summed E-state index contributed by atoms with van der Waals surface area (Å²) in [6, 6.07) is 5.77. The highest BCUT2D eigenvalue weighted by molar-refractivity contribution is 5.44. The molecule has 0 aliphatic carbocycles. The molecular weight excluding hydrogens is 226 g/mol. The molecule has 2 aromatic rings. The quantitative estimate of drug-likeness (QED) is 0.819. The maximum atomic E-state index is 8.87. The standard InChI is InChI=1S/C13H15N5/c1-10-11(8-14)4-5-12(16-10)18(3)9-13-15-6-7-17(13)2/h4-7H,9H2,1-3H3. The molecule has 0 aromatic carbocycles. The van der Waals surface area contributed by atoms with Crippen LogP contribution in [0.1, 0.15) is 17.1 Å². The van der Waals surface area contributed by atoms with Gasteiger partial charge in [-0.05, 0) is 19.1 Å². The Labute approximate surface area is 106 Å². The first-order valence-corrected chi connectivity index (χ1v) is 5.67. The summed E-state index contributed by atoms with van der Waals surface area (Å²) in [5.41, 5.74) is 1.37. The monoisotopic (exact) mass is 241 g/mol. The minimum atomic E-state index is 0.615. The van der Waals surface area contributed by atoms with E-state index in [1.165, 1.54) is 0 Å². The second kappa shape index (κ2) is 4.88. The number of nitrogens with zero attached hydrogens (tertiary/aromatic N) is 5. The first-order valence-electron chi connectivity index (χ1n) is 5.67. The van der Waals surface area contributed by atoms with Gasteiger partial charge in [0.05, 0.1) is 17.8 Å². The minimum Gasteiger partial charge on any atom is -0.352 e. The van der Waals surface area contributed by atoms with Gasteiger partial charge < -0.3 is 9.47 Å². The molecule has 2 aromatic heterocycles. The third-order valence-electron chi connectivity index (χ3n) is 2.88. The number of hydrogen-bond acceptors (Lipinski definition) is 4. The molecule has 0 aliphatic rings. The van der Waals surface area contributed by atoms with Crippen molar-refractivity contribution in [2.24, 2.45) is 7.05 Å². The van der Waals surface area contributed by atoms with Crippen molar-refractivity contribution < 1.29 is 0 Å². The summed E-state index contributed by atoms with van der Waals surface area (Å²) in [6.07, 6.45) is 3.70. The number of aryl methyl sites for hydroxylation is 2. The maximum absolute atomic E-state index is 8.87. The Bertz CT molecular complexity index is 594. The van der Waals surface area contributed by atoms with Crippen LogP contribution in [0, 0.1) is 18.3 Å². The number of imidazole rings is 1. The van der Waals surface area contributed by atoms with Crippen LogP contribution in [0.4, 0.5) is 5.82 Å². The lowest BCUT2D eigenvalue weighted by molar-refractivity contribution is 0.754. The van der Waals surface area contributed by atoms with Crippen molar-refractivity contribution >= 4 is 5.82 Å². The van der Waals surface area contributed by atoms with Crippen molar-refractivity contribution in [3.63, 3.8) is 0 Å². The SMILES string of the molecule is Cc1nc(N(C)Cc2nccn2C)ccc1C#N. The van der Waals surface area contributed by atoms with Gasteiger partial charge in [-0.1, -0.05) is 0 Å². The van der Waals surface area contributed by atoms with Crippen LogP contribution in [-0.4, -0.2) is 21.6 Å². The highest BCUT2D eigenvalue weighted by Gasteiger charge is 2.08. The molecule has 2 rings (SSSR count). The van der Waals surface area contributed by atoms with E-state index in [4.69, 9.17) is 5.26 Å². The molecule has 18 heavy (non-hydrogen) atoms. The van der Waals surface area contributed by atoms with E-state index in [1.54, 1.807) is 12.3 Å². The molecule has 0 saturated carbocycles. The summed E-state index contributed by atoms with van der Waals surface area (Å²) >= 11 is 0.